The third-order valence-electron chi connectivity index (χ3n) is 6.74. The van der Waals surface area contributed by atoms with Gasteiger partial charge >= 0.3 is 0 Å². The maximum absolute atomic E-state index is 12.8. The van der Waals surface area contributed by atoms with Crippen LogP contribution < -0.4 is 16.0 Å². The number of nitrogens with one attached hydrogen (secondary N) is 3. The summed E-state index contributed by atoms with van der Waals surface area (Å²) in [5, 5.41) is 8.52. The normalized spacial score (nSPS) is 14.9. The van der Waals surface area contributed by atoms with Crippen LogP contribution in [0.2, 0.25) is 5.02 Å². The summed E-state index contributed by atoms with van der Waals surface area (Å²) in [6, 6.07) is 11.0. The van der Waals surface area contributed by atoms with Crippen LogP contribution in [0.3, 0.4) is 0 Å². The van der Waals surface area contributed by atoms with Crippen molar-refractivity contribution in [2.24, 2.45) is 0 Å². The van der Waals surface area contributed by atoms with E-state index < -0.39 is 15.1 Å². The molecule has 0 bridgehead atoms. The van der Waals surface area contributed by atoms with E-state index in [0.29, 0.717) is 24.0 Å². The second-order valence-electron chi connectivity index (χ2n) is 10.2. The number of likely N-dealkylation sites (tertiary alicyclic amines) is 1. The lowest BCUT2D eigenvalue weighted by Crippen LogP contribution is -2.44. The summed E-state index contributed by atoms with van der Waals surface area (Å²) in [6.45, 7) is 5.38. The van der Waals surface area contributed by atoms with Crippen molar-refractivity contribution in [1.29, 1.82) is 0 Å². The number of carbonyl (C=O) groups excluding carboxylic acids is 1. The van der Waals surface area contributed by atoms with E-state index in [1.54, 1.807) is 50.2 Å². The van der Waals surface area contributed by atoms with Gasteiger partial charge in [0.1, 0.15) is 5.02 Å². The first-order valence-electron chi connectivity index (χ1n) is 13.1. The number of benzene rings is 1. The monoisotopic (exact) mass is 586 g/mol. The highest BCUT2D eigenvalue weighted by Gasteiger charge is 2.25. The molecular weight excluding hydrogens is 552 g/mol. The molecule has 214 valence electrons. The van der Waals surface area contributed by atoms with Gasteiger partial charge in [0, 0.05) is 36.7 Å². The van der Waals surface area contributed by atoms with E-state index in [9.17, 15) is 13.2 Å². The van der Waals surface area contributed by atoms with Crippen molar-refractivity contribution in [2.75, 3.05) is 49.7 Å². The average Bonchev–Trinajstić information content (AvgIpc) is 2.92. The highest BCUT2D eigenvalue weighted by Crippen LogP contribution is 2.29. The summed E-state index contributed by atoms with van der Waals surface area (Å²) in [4.78, 5) is 29.7. The molecule has 0 spiro atoms. The molecule has 1 saturated heterocycles. The lowest BCUT2D eigenvalue weighted by Gasteiger charge is -2.34. The lowest BCUT2D eigenvalue weighted by molar-refractivity contribution is -0.117. The fraction of sp³-hybridized carbons (Fsp3) is 0.407. The number of piperidine rings is 1. The van der Waals surface area contributed by atoms with Crippen molar-refractivity contribution in [2.45, 2.75) is 43.0 Å². The van der Waals surface area contributed by atoms with Crippen LogP contribution in [-0.4, -0.2) is 84.1 Å². The molecule has 3 heterocycles. The summed E-state index contributed by atoms with van der Waals surface area (Å²) in [7, 11) is 0.560. The molecule has 3 aromatic rings. The van der Waals surface area contributed by atoms with Crippen LogP contribution in [0.4, 0.5) is 28.8 Å². The first-order valence-corrected chi connectivity index (χ1v) is 15.0. The summed E-state index contributed by atoms with van der Waals surface area (Å²) in [6.07, 6.45) is 4.97. The molecule has 1 aromatic carbocycles. The Morgan fingerprint density at radius 1 is 1.07 bits per heavy atom. The molecule has 0 unspecified atom stereocenters. The Morgan fingerprint density at radius 2 is 1.75 bits per heavy atom. The molecule has 13 heteroatoms. The number of nitrogens with zero attached hydrogens (tertiary/aromatic N) is 5. The van der Waals surface area contributed by atoms with Crippen LogP contribution >= 0.6 is 11.6 Å². The predicted molar refractivity (Wildman–Crippen MR) is 158 cm³/mol. The van der Waals surface area contributed by atoms with E-state index in [2.05, 4.69) is 54.8 Å². The number of pyridine rings is 1. The van der Waals surface area contributed by atoms with Gasteiger partial charge in [0.15, 0.2) is 20.7 Å². The quantitative estimate of drug-likeness (QED) is 0.318. The van der Waals surface area contributed by atoms with Crippen LogP contribution in [0, 0.1) is 0 Å². The van der Waals surface area contributed by atoms with Gasteiger partial charge in [0.25, 0.3) is 0 Å². The van der Waals surface area contributed by atoms with E-state index in [4.69, 9.17) is 11.6 Å². The van der Waals surface area contributed by atoms with Gasteiger partial charge < -0.3 is 20.9 Å². The van der Waals surface area contributed by atoms with Crippen molar-refractivity contribution < 1.29 is 13.2 Å². The molecule has 0 saturated carbocycles. The smallest absolute Gasteiger partial charge is 0.238 e. The maximum Gasteiger partial charge on any atom is 0.238 e. The number of halogens is 1. The Labute approximate surface area is 240 Å². The summed E-state index contributed by atoms with van der Waals surface area (Å²) in [5.41, 5.74) is 1.65. The predicted octanol–water partition coefficient (Wildman–Crippen LogP) is 4.16. The van der Waals surface area contributed by atoms with Gasteiger partial charge in [-0.2, -0.15) is 4.98 Å². The van der Waals surface area contributed by atoms with Gasteiger partial charge in [-0.1, -0.05) is 11.6 Å². The molecule has 1 fully saturated rings. The minimum absolute atomic E-state index is 0.0463. The SMILES string of the molecule is CC(C)S(=O)(=O)c1ncccc1Nc1nc(Nc2ccc(NC(=O)CN3CCC(N(C)C)CC3)cc2)ncc1Cl. The molecule has 0 aliphatic carbocycles. The van der Waals surface area contributed by atoms with E-state index >= 15 is 0 Å². The summed E-state index contributed by atoms with van der Waals surface area (Å²) in [5.74, 6) is 0.433. The number of rotatable bonds is 10. The molecule has 0 atom stereocenters. The second kappa shape index (κ2) is 12.9. The Hall–Kier alpha value is -3.32. The van der Waals surface area contributed by atoms with Gasteiger partial charge in [-0.15, -0.1) is 0 Å². The summed E-state index contributed by atoms with van der Waals surface area (Å²) < 4.78 is 25.5. The van der Waals surface area contributed by atoms with Crippen molar-refractivity contribution in [3.05, 3.63) is 53.8 Å². The first kappa shape index (κ1) is 29.7. The van der Waals surface area contributed by atoms with Crippen molar-refractivity contribution in [1.82, 2.24) is 24.8 Å². The van der Waals surface area contributed by atoms with Gasteiger partial charge in [-0.25, -0.2) is 18.4 Å². The topological polar surface area (TPSA) is 132 Å². The molecule has 2 aromatic heterocycles. The molecular formula is C27H35ClN8O3S. The average molecular weight is 587 g/mol. The summed E-state index contributed by atoms with van der Waals surface area (Å²) >= 11 is 6.31. The van der Waals surface area contributed by atoms with Gasteiger partial charge in [0.05, 0.1) is 23.7 Å². The first-order chi connectivity index (χ1) is 19.0. The van der Waals surface area contributed by atoms with Gasteiger partial charge in [-0.3, -0.25) is 9.69 Å². The molecule has 40 heavy (non-hydrogen) atoms. The van der Waals surface area contributed by atoms with Crippen LogP contribution in [-0.2, 0) is 14.6 Å². The van der Waals surface area contributed by atoms with Gasteiger partial charge in [-0.05, 0) is 77.2 Å². The second-order valence-corrected chi connectivity index (χ2v) is 13.0. The highest BCUT2D eigenvalue weighted by atomic mass is 35.5. The van der Waals surface area contributed by atoms with E-state index in [1.807, 2.05) is 0 Å². The fourth-order valence-electron chi connectivity index (χ4n) is 4.34. The number of aromatic nitrogens is 3. The Bertz CT molecular complexity index is 1430. The Balaban J connectivity index is 1.37. The van der Waals surface area contributed by atoms with Crippen LogP contribution in [0.15, 0.2) is 53.8 Å². The zero-order valence-corrected chi connectivity index (χ0v) is 24.6. The number of carbonyl (C=O) groups is 1. The van der Waals surface area contributed by atoms with E-state index in [1.165, 1.54) is 12.4 Å². The van der Waals surface area contributed by atoms with Crippen LogP contribution in [0.5, 0.6) is 0 Å². The fourth-order valence-corrected chi connectivity index (χ4v) is 5.56. The van der Waals surface area contributed by atoms with Crippen molar-refractivity contribution >= 4 is 56.2 Å². The molecule has 4 rings (SSSR count). The zero-order valence-electron chi connectivity index (χ0n) is 23.1. The lowest BCUT2D eigenvalue weighted by atomic mass is 10.0. The Morgan fingerprint density at radius 3 is 2.40 bits per heavy atom. The van der Waals surface area contributed by atoms with Crippen LogP contribution in [0.25, 0.3) is 0 Å². The maximum atomic E-state index is 12.8. The standard InChI is InChI=1S/C27H35ClN8O3S/c1-18(2)40(38,39)26-23(6-5-13-29-26)33-25-22(28)16-30-27(34-25)32-20-9-7-19(8-10-20)31-24(37)17-36-14-11-21(12-15-36)35(3)4/h5-10,13,16,18,21H,11-12,14-15,17H2,1-4H3,(H,31,37)(H2,30,32,33,34). The minimum atomic E-state index is -3.64. The number of hydrogen-bond acceptors (Lipinski definition) is 10. The van der Waals surface area contributed by atoms with Crippen LogP contribution in [0.1, 0.15) is 26.7 Å². The molecule has 3 N–H and O–H groups in total. The van der Waals surface area contributed by atoms with Crippen molar-refractivity contribution in [3.8, 4) is 0 Å². The third-order valence-corrected chi connectivity index (χ3v) is 9.12. The largest absolute Gasteiger partial charge is 0.336 e. The van der Waals surface area contributed by atoms with Gasteiger partial charge in [0.2, 0.25) is 11.9 Å². The molecule has 1 amide bonds. The number of amides is 1. The zero-order chi connectivity index (χ0) is 28.9. The van der Waals surface area contributed by atoms with Crippen molar-refractivity contribution in [3.63, 3.8) is 0 Å². The minimum Gasteiger partial charge on any atom is -0.336 e. The Kier molecular flexibility index (Phi) is 9.56. The highest BCUT2D eigenvalue weighted by molar-refractivity contribution is 7.92. The third kappa shape index (κ3) is 7.45. The number of hydrogen-bond donors (Lipinski definition) is 3. The van der Waals surface area contributed by atoms with E-state index in [-0.39, 0.29) is 33.4 Å². The van der Waals surface area contributed by atoms with E-state index in [0.717, 1.165) is 25.9 Å². The molecule has 0 radical (unpaired) electrons. The number of anilines is 5. The molecule has 1 aliphatic rings. The molecule has 11 nitrogen and oxygen atoms in total. The number of sulfone groups is 1. The molecule has 1 aliphatic heterocycles.